The maximum Gasteiger partial charge on any atom is 0.282 e. The second-order valence-corrected chi connectivity index (χ2v) is 4.94. The first-order valence-electron chi connectivity index (χ1n) is 6.84. The van der Waals surface area contributed by atoms with Gasteiger partial charge in [-0.1, -0.05) is 13.0 Å². The topological polar surface area (TPSA) is 118 Å². The van der Waals surface area contributed by atoms with Crippen LogP contribution in [0.3, 0.4) is 0 Å². The van der Waals surface area contributed by atoms with Gasteiger partial charge in [0.15, 0.2) is 0 Å². The zero-order chi connectivity index (χ0) is 16.3. The van der Waals surface area contributed by atoms with Crippen LogP contribution >= 0.6 is 0 Å². The standard InChI is InChI=1S/C14H15N3O5/c1-2-8-3-4-9(11(7-8)17(21)22)13(19)15-10-5-6-12(18)16-14(10)20/h3-4,7,10H,2,5-6H2,1H3,(H,15,19)(H,16,18,20). The molecular weight excluding hydrogens is 290 g/mol. The Kier molecular flexibility index (Phi) is 4.50. The van der Waals surface area contributed by atoms with E-state index in [9.17, 15) is 24.5 Å². The van der Waals surface area contributed by atoms with Crippen molar-refractivity contribution in [1.29, 1.82) is 0 Å². The number of aryl methyl sites for hydroxylation is 1. The molecule has 0 saturated carbocycles. The molecule has 1 unspecified atom stereocenters. The maximum atomic E-state index is 12.2. The minimum atomic E-state index is -0.865. The minimum absolute atomic E-state index is 0.105. The predicted molar refractivity (Wildman–Crippen MR) is 76.1 cm³/mol. The Morgan fingerprint density at radius 3 is 2.77 bits per heavy atom. The van der Waals surface area contributed by atoms with Gasteiger partial charge in [0, 0.05) is 12.5 Å². The third-order valence-electron chi connectivity index (χ3n) is 3.46. The molecule has 1 aliphatic heterocycles. The van der Waals surface area contributed by atoms with Crippen molar-refractivity contribution in [1.82, 2.24) is 10.6 Å². The Labute approximate surface area is 126 Å². The second kappa shape index (κ2) is 6.33. The molecule has 2 N–H and O–H groups in total. The first-order chi connectivity index (χ1) is 10.4. The number of rotatable bonds is 4. The predicted octanol–water partition coefficient (Wildman–Crippen LogP) is 0.692. The molecule has 1 atom stereocenters. The van der Waals surface area contributed by atoms with Crippen LogP contribution in [0.15, 0.2) is 18.2 Å². The summed E-state index contributed by atoms with van der Waals surface area (Å²) >= 11 is 0. The number of piperidine rings is 1. The van der Waals surface area contributed by atoms with Gasteiger partial charge in [-0.15, -0.1) is 0 Å². The molecule has 0 aromatic heterocycles. The summed E-state index contributed by atoms with van der Waals surface area (Å²) in [5.74, 6) is -1.70. The zero-order valence-electron chi connectivity index (χ0n) is 11.9. The molecule has 1 fully saturated rings. The van der Waals surface area contributed by atoms with E-state index in [1.54, 1.807) is 6.07 Å². The summed E-state index contributed by atoms with van der Waals surface area (Å²) in [5, 5.41) is 15.6. The Balaban J connectivity index is 2.21. The molecule has 0 bridgehead atoms. The van der Waals surface area contributed by atoms with Crippen LogP contribution in [0.4, 0.5) is 5.69 Å². The molecule has 2 rings (SSSR count). The smallest absolute Gasteiger partial charge is 0.282 e. The number of nitro benzene ring substituents is 1. The fraction of sp³-hybridized carbons (Fsp3) is 0.357. The number of hydrogen-bond donors (Lipinski definition) is 2. The van der Waals surface area contributed by atoms with E-state index in [0.717, 1.165) is 5.56 Å². The van der Waals surface area contributed by atoms with Crippen molar-refractivity contribution in [2.45, 2.75) is 32.2 Å². The summed E-state index contributed by atoms with van der Waals surface area (Å²) in [6.07, 6.45) is 0.903. The summed E-state index contributed by atoms with van der Waals surface area (Å²) in [5.41, 5.74) is 0.334. The van der Waals surface area contributed by atoms with Crippen molar-refractivity contribution in [3.05, 3.63) is 39.4 Å². The van der Waals surface area contributed by atoms with Crippen LogP contribution in [-0.2, 0) is 16.0 Å². The summed E-state index contributed by atoms with van der Waals surface area (Å²) in [7, 11) is 0. The van der Waals surface area contributed by atoms with Crippen LogP contribution in [0, 0.1) is 10.1 Å². The van der Waals surface area contributed by atoms with Gasteiger partial charge in [0.2, 0.25) is 11.8 Å². The summed E-state index contributed by atoms with van der Waals surface area (Å²) < 4.78 is 0. The van der Waals surface area contributed by atoms with Crippen LogP contribution < -0.4 is 10.6 Å². The second-order valence-electron chi connectivity index (χ2n) is 4.94. The van der Waals surface area contributed by atoms with Gasteiger partial charge >= 0.3 is 0 Å². The number of amides is 3. The lowest BCUT2D eigenvalue weighted by atomic mass is 10.0. The molecule has 22 heavy (non-hydrogen) atoms. The van der Waals surface area contributed by atoms with Crippen molar-refractivity contribution >= 4 is 23.4 Å². The van der Waals surface area contributed by atoms with Gasteiger partial charge in [0.25, 0.3) is 11.6 Å². The van der Waals surface area contributed by atoms with Crippen LogP contribution in [-0.4, -0.2) is 28.7 Å². The van der Waals surface area contributed by atoms with Crippen LogP contribution in [0.25, 0.3) is 0 Å². The lowest BCUT2D eigenvalue weighted by Gasteiger charge is -2.21. The van der Waals surface area contributed by atoms with E-state index in [0.29, 0.717) is 6.42 Å². The third kappa shape index (κ3) is 3.27. The molecule has 8 nitrogen and oxygen atoms in total. The molecule has 1 aromatic rings. The highest BCUT2D eigenvalue weighted by Gasteiger charge is 2.30. The van der Waals surface area contributed by atoms with Gasteiger partial charge in [-0.2, -0.15) is 0 Å². The quantitative estimate of drug-likeness (QED) is 0.482. The first kappa shape index (κ1) is 15.6. The van der Waals surface area contributed by atoms with E-state index in [4.69, 9.17) is 0 Å². The molecule has 0 aliphatic carbocycles. The van der Waals surface area contributed by atoms with Crippen molar-refractivity contribution in [2.24, 2.45) is 0 Å². The number of nitrogens with zero attached hydrogens (tertiary/aromatic N) is 1. The Bertz CT molecular complexity index is 656. The van der Waals surface area contributed by atoms with Gasteiger partial charge in [-0.25, -0.2) is 0 Å². The van der Waals surface area contributed by atoms with E-state index >= 15 is 0 Å². The number of nitrogens with one attached hydrogen (secondary N) is 2. The van der Waals surface area contributed by atoms with Crippen LogP contribution in [0.2, 0.25) is 0 Å². The van der Waals surface area contributed by atoms with Crippen molar-refractivity contribution in [3.8, 4) is 0 Å². The first-order valence-corrected chi connectivity index (χ1v) is 6.84. The van der Waals surface area contributed by atoms with E-state index in [-0.39, 0.29) is 24.1 Å². The molecule has 1 aromatic carbocycles. The fourth-order valence-electron chi connectivity index (χ4n) is 2.21. The van der Waals surface area contributed by atoms with E-state index in [1.807, 2.05) is 6.92 Å². The number of imide groups is 1. The molecule has 1 heterocycles. The number of hydrogen-bond acceptors (Lipinski definition) is 5. The van der Waals surface area contributed by atoms with Crippen molar-refractivity contribution in [3.63, 3.8) is 0 Å². The maximum absolute atomic E-state index is 12.2. The van der Waals surface area contributed by atoms with Crippen molar-refractivity contribution < 1.29 is 19.3 Å². The monoisotopic (exact) mass is 305 g/mol. The molecular formula is C14H15N3O5. The highest BCUT2D eigenvalue weighted by molar-refractivity contribution is 6.04. The Morgan fingerprint density at radius 1 is 1.45 bits per heavy atom. The van der Waals surface area contributed by atoms with Crippen molar-refractivity contribution in [2.75, 3.05) is 0 Å². The fourth-order valence-corrected chi connectivity index (χ4v) is 2.21. The highest BCUT2D eigenvalue weighted by atomic mass is 16.6. The number of carbonyl (C=O) groups is 3. The number of carbonyl (C=O) groups excluding carboxylic acids is 3. The average molecular weight is 305 g/mol. The Hall–Kier alpha value is -2.77. The molecule has 3 amide bonds. The highest BCUT2D eigenvalue weighted by Crippen LogP contribution is 2.21. The van der Waals surface area contributed by atoms with Crippen LogP contribution in [0.5, 0.6) is 0 Å². The molecule has 8 heteroatoms. The van der Waals surface area contributed by atoms with Gasteiger partial charge < -0.3 is 5.32 Å². The third-order valence-corrected chi connectivity index (χ3v) is 3.46. The normalized spacial score (nSPS) is 17.8. The van der Waals surface area contributed by atoms with E-state index < -0.39 is 28.7 Å². The molecule has 1 aliphatic rings. The van der Waals surface area contributed by atoms with Gasteiger partial charge in [0.1, 0.15) is 11.6 Å². The molecule has 0 spiro atoms. The average Bonchev–Trinajstić information content (AvgIpc) is 2.49. The summed E-state index contributed by atoms with van der Waals surface area (Å²) in [4.78, 5) is 45.3. The largest absolute Gasteiger partial charge is 0.340 e. The minimum Gasteiger partial charge on any atom is -0.340 e. The zero-order valence-corrected chi connectivity index (χ0v) is 11.9. The van der Waals surface area contributed by atoms with Gasteiger partial charge in [0.05, 0.1) is 4.92 Å². The van der Waals surface area contributed by atoms with Crippen LogP contribution in [0.1, 0.15) is 35.7 Å². The van der Waals surface area contributed by atoms with Gasteiger partial charge in [-0.3, -0.25) is 29.8 Å². The number of nitro groups is 1. The molecule has 116 valence electrons. The summed E-state index contributed by atoms with van der Waals surface area (Å²) in [6.45, 7) is 1.85. The Morgan fingerprint density at radius 2 is 2.18 bits per heavy atom. The van der Waals surface area contributed by atoms with E-state index in [1.165, 1.54) is 12.1 Å². The lowest BCUT2D eigenvalue weighted by molar-refractivity contribution is -0.385. The number of benzene rings is 1. The molecule has 1 saturated heterocycles. The SMILES string of the molecule is CCc1ccc(C(=O)NC2CCC(=O)NC2=O)c([N+](=O)[O-])c1. The summed E-state index contributed by atoms with van der Waals surface area (Å²) in [6, 6.07) is 3.49. The lowest BCUT2D eigenvalue weighted by Crippen LogP contribution is -2.52. The molecule has 0 radical (unpaired) electrons. The van der Waals surface area contributed by atoms with E-state index in [2.05, 4.69) is 10.6 Å². The van der Waals surface area contributed by atoms with Gasteiger partial charge in [-0.05, 0) is 24.5 Å².